The Hall–Kier alpha value is -2.33. The molecule has 1 saturated carbocycles. The predicted octanol–water partition coefficient (Wildman–Crippen LogP) is 2.91. The maximum atomic E-state index is 13.1. The molecular formula is C25H34F3N3O4. The van der Waals surface area contributed by atoms with Gasteiger partial charge in [0.1, 0.15) is 6.04 Å². The molecule has 7 nitrogen and oxygen atoms in total. The fraction of sp³-hybridized carbons (Fsp3) is 0.680. The lowest BCUT2D eigenvalue weighted by atomic mass is 9.90. The Balaban J connectivity index is 1.36. The van der Waals surface area contributed by atoms with E-state index in [1.165, 1.54) is 18.1 Å². The number of carbonyl (C=O) groups excluding carboxylic acids is 2. The van der Waals surface area contributed by atoms with Crippen LogP contribution in [0, 0.1) is 5.41 Å². The van der Waals surface area contributed by atoms with E-state index in [2.05, 4.69) is 4.90 Å². The summed E-state index contributed by atoms with van der Waals surface area (Å²) in [6, 6.07) is 4.35. The van der Waals surface area contributed by atoms with Gasteiger partial charge in [-0.05, 0) is 68.8 Å². The van der Waals surface area contributed by atoms with Crippen molar-refractivity contribution in [3.63, 3.8) is 0 Å². The summed E-state index contributed by atoms with van der Waals surface area (Å²) < 4.78 is 44.4. The van der Waals surface area contributed by atoms with Gasteiger partial charge in [0, 0.05) is 38.3 Å². The van der Waals surface area contributed by atoms with Gasteiger partial charge in [-0.15, -0.1) is 0 Å². The molecule has 2 saturated heterocycles. The van der Waals surface area contributed by atoms with Gasteiger partial charge in [0.2, 0.25) is 5.91 Å². The molecule has 194 valence electrons. The van der Waals surface area contributed by atoms with Gasteiger partial charge < -0.3 is 24.5 Å². The molecule has 2 heterocycles. The van der Waals surface area contributed by atoms with Crippen LogP contribution in [0.1, 0.15) is 44.1 Å². The number of hydrogen-bond donors (Lipinski definition) is 1. The Bertz CT molecular complexity index is 921. The Morgan fingerprint density at radius 2 is 1.97 bits per heavy atom. The monoisotopic (exact) mass is 497 g/mol. The summed E-state index contributed by atoms with van der Waals surface area (Å²) in [7, 11) is 1.29. The third-order valence-electron chi connectivity index (χ3n) is 7.82. The number of aliphatic hydroxyl groups is 1. The number of β-amino-alcohol motifs (C(OH)–C–C–N with tert-alkyl or cyclic N) is 1. The number of anilines is 1. The van der Waals surface area contributed by atoms with Gasteiger partial charge in [-0.1, -0.05) is 6.07 Å². The van der Waals surface area contributed by atoms with Gasteiger partial charge in [0.25, 0.3) is 0 Å². The van der Waals surface area contributed by atoms with E-state index in [4.69, 9.17) is 4.74 Å². The van der Waals surface area contributed by atoms with Crippen molar-refractivity contribution in [3.05, 3.63) is 29.8 Å². The number of methoxy groups -OCH3 is 1. The SMILES string of the molecule is COC(=O)[C@@H](CCCN1CCC2(CC2)[C@H](O)C1)N1CCN(c2cccc(C(F)(F)F)c2)CCC1=O. The number of halogens is 3. The van der Waals surface area contributed by atoms with Crippen LogP contribution >= 0.6 is 0 Å². The summed E-state index contributed by atoms with van der Waals surface area (Å²) in [5.74, 6) is -0.694. The first kappa shape index (κ1) is 25.8. The van der Waals surface area contributed by atoms with Crippen molar-refractivity contribution in [2.24, 2.45) is 5.41 Å². The summed E-state index contributed by atoms with van der Waals surface area (Å²) in [4.78, 5) is 31.0. The molecule has 2 atom stereocenters. The number of carbonyl (C=O) groups is 2. The van der Waals surface area contributed by atoms with Gasteiger partial charge in [-0.2, -0.15) is 13.2 Å². The standard InChI is InChI=1S/C25H34F3N3O4/c1-35-23(34)20(6-3-11-29-13-10-24(8-9-24)21(32)17-29)31-15-14-30(12-7-22(31)33)19-5-2-4-18(16-19)25(26,27)28/h2,4-5,16,20-21,32H,3,6-15,17H2,1H3/t20-,21-/m1/s1. The maximum absolute atomic E-state index is 13.1. The average Bonchev–Trinajstić information content (AvgIpc) is 3.63. The zero-order valence-corrected chi connectivity index (χ0v) is 20.1. The highest BCUT2D eigenvalue weighted by Crippen LogP contribution is 2.53. The van der Waals surface area contributed by atoms with Crippen molar-refractivity contribution in [1.29, 1.82) is 0 Å². The number of likely N-dealkylation sites (tertiary alicyclic amines) is 1. The minimum Gasteiger partial charge on any atom is -0.467 e. The second-order valence-electron chi connectivity index (χ2n) is 9.98. The molecule has 1 aromatic carbocycles. The highest BCUT2D eigenvalue weighted by molar-refractivity contribution is 5.85. The van der Waals surface area contributed by atoms with Gasteiger partial charge in [-0.25, -0.2) is 4.79 Å². The summed E-state index contributed by atoms with van der Waals surface area (Å²) in [6.07, 6.45) is -0.359. The molecule has 2 aliphatic heterocycles. The van der Waals surface area contributed by atoms with E-state index in [9.17, 15) is 27.9 Å². The van der Waals surface area contributed by atoms with Gasteiger partial charge in [-0.3, -0.25) is 4.79 Å². The number of alkyl halides is 3. The summed E-state index contributed by atoms with van der Waals surface area (Å²) in [5.41, 5.74) is -0.193. The van der Waals surface area contributed by atoms with E-state index in [1.807, 2.05) is 0 Å². The Morgan fingerprint density at radius 3 is 2.63 bits per heavy atom. The van der Waals surface area contributed by atoms with Crippen molar-refractivity contribution in [2.75, 3.05) is 51.3 Å². The van der Waals surface area contributed by atoms with Crippen molar-refractivity contribution >= 4 is 17.6 Å². The predicted molar refractivity (Wildman–Crippen MR) is 124 cm³/mol. The normalized spacial score (nSPS) is 23.8. The van der Waals surface area contributed by atoms with Crippen LogP contribution in [-0.4, -0.2) is 85.3 Å². The van der Waals surface area contributed by atoms with Crippen molar-refractivity contribution in [2.45, 2.75) is 56.8 Å². The van der Waals surface area contributed by atoms with Crippen molar-refractivity contribution < 1.29 is 32.6 Å². The summed E-state index contributed by atoms with van der Waals surface area (Å²) in [5, 5.41) is 10.4. The van der Waals surface area contributed by atoms with Crippen LogP contribution in [0.3, 0.4) is 0 Å². The number of piperidine rings is 1. The highest BCUT2D eigenvalue weighted by atomic mass is 19.4. The second kappa shape index (κ2) is 10.3. The van der Waals surface area contributed by atoms with Crippen LogP contribution in [-0.2, 0) is 20.5 Å². The molecule has 1 N–H and O–H groups in total. The Labute approximate surface area is 203 Å². The van der Waals surface area contributed by atoms with E-state index in [0.29, 0.717) is 31.6 Å². The van der Waals surface area contributed by atoms with Crippen LogP contribution in [0.4, 0.5) is 18.9 Å². The molecule has 0 bridgehead atoms. The molecule has 1 aromatic rings. The topological polar surface area (TPSA) is 73.3 Å². The molecule has 1 aliphatic carbocycles. The van der Waals surface area contributed by atoms with Crippen LogP contribution in [0.25, 0.3) is 0 Å². The lowest BCUT2D eigenvalue weighted by Crippen LogP contribution is -2.48. The second-order valence-corrected chi connectivity index (χ2v) is 9.98. The molecule has 1 spiro atoms. The zero-order chi connectivity index (χ0) is 25.2. The minimum atomic E-state index is -4.44. The smallest absolute Gasteiger partial charge is 0.416 e. The number of benzene rings is 1. The number of hydrogen-bond acceptors (Lipinski definition) is 6. The van der Waals surface area contributed by atoms with Gasteiger partial charge in [0.15, 0.2) is 0 Å². The molecule has 0 radical (unpaired) electrons. The number of ether oxygens (including phenoxy) is 1. The zero-order valence-electron chi connectivity index (χ0n) is 20.1. The van der Waals surface area contributed by atoms with Gasteiger partial charge >= 0.3 is 12.1 Å². The van der Waals surface area contributed by atoms with Crippen LogP contribution < -0.4 is 4.90 Å². The Kier molecular flexibility index (Phi) is 7.61. The van der Waals surface area contributed by atoms with E-state index >= 15 is 0 Å². The highest BCUT2D eigenvalue weighted by Gasteiger charge is 2.51. The molecule has 35 heavy (non-hydrogen) atoms. The number of esters is 1. The summed E-state index contributed by atoms with van der Waals surface area (Å²) in [6.45, 7) is 3.10. The van der Waals surface area contributed by atoms with Crippen LogP contribution in [0.2, 0.25) is 0 Å². The molecule has 1 amide bonds. The van der Waals surface area contributed by atoms with E-state index in [-0.39, 0.29) is 36.9 Å². The van der Waals surface area contributed by atoms with E-state index < -0.39 is 23.8 Å². The van der Waals surface area contributed by atoms with E-state index in [1.54, 1.807) is 11.0 Å². The molecule has 3 fully saturated rings. The number of nitrogens with zero attached hydrogens (tertiary/aromatic N) is 3. The van der Waals surface area contributed by atoms with E-state index in [0.717, 1.165) is 44.5 Å². The first-order valence-corrected chi connectivity index (χ1v) is 12.3. The fourth-order valence-corrected chi connectivity index (χ4v) is 5.37. The first-order chi connectivity index (χ1) is 16.6. The fourth-order valence-electron chi connectivity index (χ4n) is 5.37. The number of aliphatic hydroxyl groups excluding tert-OH is 1. The molecule has 3 aliphatic rings. The van der Waals surface area contributed by atoms with Gasteiger partial charge in [0.05, 0.1) is 18.8 Å². The first-order valence-electron chi connectivity index (χ1n) is 12.3. The molecule has 4 rings (SSSR count). The Morgan fingerprint density at radius 1 is 1.20 bits per heavy atom. The lowest BCUT2D eigenvalue weighted by Gasteiger charge is -2.36. The molecular weight excluding hydrogens is 463 g/mol. The molecule has 0 unspecified atom stereocenters. The minimum absolute atomic E-state index is 0.101. The lowest BCUT2D eigenvalue weighted by molar-refractivity contribution is -0.153. The average molecular weight is 498 g/mol. The van der Waals surface area contributed by atoms with Crippen LogP contribution in [0.5, 0.6) is 0 Å². The van der Waals surface area contributed by atoms with Crippen molar-refractivity contribution in [3.8, 4) is 0 Å². The summed E-state index contributed by atoms with van der Waals surface area (Å²) >= 11 is 0. The maximum Gasteiger partial charge on any atom is 0.416 e. The number of rotatable bonds is 7. The molecule has 0 aromatic heterocycles. The van der Waals surface area contributed by atoms with Crippen LogP contribution in [0.15, 0.2) is 24.3 Å². The number of amides is 1. The van der Waals surface area contributed by atoms with Crippen molar-refractivity contribution in [1.82, 2.24) is 9.80 Å². The third kappa shape index (κ3) is 5.91. The quantitative estimate of drug-likeness (QED) is 0.584. The third-order valence-corrected chi connectivity index (χ3v) is 7.82. The molecule has 10 heteroatoms. The largest absolute Gasteiger partial charge is 0.467 e.